The van der Waals surface area contributed by atoms with Gasteiger partial charge in [0.25, 0.3) is 0 Å². The lowest BCUT2D eigenvalue weighted by Crippen LogP contribution is -2.44. The highest BCUT2D eigenvalue weighted by Crippen LogP contribution is 2.34. The van der Waals surface area contributed by atoms with Gasteiger partial charge in [0.2, 0.25) is 0 Å². The largest absolute Gasteiger partial charge is 0.383 e. The summed E-state index contributed by atoms with van der Waals surface area (Å²) < 4.78 is 7.40. The smallest absolute Gasteiger partial charge is 0.0949 e. The van der Waals surface area contributed by atoms with E-state index in [2.05, 4.69) is 51.7 Å². The molecule has 0 bridgehead atoms. The maximum atomic E-state index is 5.19. The summed E-state index contributed by atoms with van der Waals surface area (Å²) in [4.78, 5) is 6.88. The van der Waals surface area contributed by atoms with Gasteiger partial charge in [0, 0.05) is 38.4 Å². The summed E-state index contributed by atoms with van der Waals surface area (Å²) in [5.41, 5.74) is 2.98. The number of likely N-dealkylation sites (tertiary alicyclic amines) is 1. The molecule has 1 fully saturated rings. The average molecular weight is 313 g/mol. The molecule has 1 aromatic heterocycles. The van der Waals surface area contributed by atoms with Crippen LogP contribution in [0, 0.1) is 0 Å². The second kappa shape index (κ2) is 7.28. The molecule has 124 valence electrons. The highest BCUT2D eigenvalue weighted by molar-refractivity contribution is 5.25. The third-order valence-electron chi connectivity index (χ3n) is 4.97. The van der Waals surface area contributed by atoms with E-state index in [0.29, 0.717) is 0 Å². The molecule has 2 heterocycles. The molecule has 23 heavy (non-hydrogen) atoms. The zero-order valence-corrected chi connectivity index (χ0v) is 14.2. The lowest BCUT2D eigenvalue weighted by molar-refractivity contribution is 0.144. The van der Waals surface area contributed by atoms with Crippen LogP contribution in [0.1, 0.15) is 31.0 Å². The van der Waals surface area contributed by atoms with E-state index in [-0.39, 0.29) is 5.41 Å². The van der Waals surface area contributed by atoms with Gasteiger partial charge in [-0.2, -0.15) is 0 Å². The van der Waals surface area contributed by atoms with E-state index < -0.39 is 0 Å². The summed E-state index contributed by atoms with van der Waals surface area (Å²) in [5, 5.41) is 0. The van der Waals surface area contributed by atoms with Crippen molar-refractivity contribution in [3.8, 4) is 0 Å². The highest BCUT2D eigenvalue weighted by atomic mass is 16.5. The van der Waals surface area contributed by atoms with Gasteiger partial charge < -0.3 is 9.30 Å². The predicted molar refractivity (Wildman–Crippen MR) is 92.4 cm³/mol. The number of ether oxygens (including phenoxy) is 1. The van der Waals surface area contributed by atoms with Crippen LogP contribution in [0.2, 0.25) is 0 Å². The second-order valence-electron chi connectivity index (χ2n) is 6.81. The van der Waals surface area contributed by atoms with E-state index in [1.54, 1.807) is 7.11 Å². The number of imidazole rings is 1. The lowest BCUT2D eigenvalue weighted by Gasteiger charge is -2.41. The summed E-state index contributed by atoms with van der Waals surface area (Å²) in [6.45, 7) is 7.23. The number of aromatic nitrogens is 2. The molecule has 3 rings (SSSR count). The minimum absolute atomic E-state index is 0.247. The molecule has 1 aromatic carbocycles. The van der Waals surface area contributed by atoms with Crippen molar-refractivity contribution in [2.75, 3.05) is 26.8 Å². The molecule has 0 aliphatic carbocycles. The molecule has 0 amide bonds. The summed E-state index contributed by atoms with van der Waals surface area (Å²) >= 11 is 0. The van der Waals surface area contributed by atoms with Crippen molar-refractivity contribution in [1.82, 2.24) is 14.5 Å². The Labute approximate surface area is 139 Å². The first kappa shape index (κ1) is 16.2. The average Bonchev–Trinajstić information content (AvgIpc) is 3.01. The van der Waals surface area contributed by atoms with Crippen molar-refractivity contribution in [1.29, 1.82) is 0 Å². The zero-order valence-electron chi connectivity index (χ0n) is 14.2. The van der Waals surface area contributed by atoms with Crippen molar-refractivity contribution < 1.29 is 4.74 Å². The van der Waals surface area contributed by atoms with Crippen LogP contribution >= 0.6 is 0 Å². The maximum absolute atomic E-state index is 5.19. The maximum Gasteiger partial charge on any atom is 0.0949 e. The zero-order chi connectivity index (χ0) is 16.1. The van der Waals surface area contributed by atoms with Crippen LogP contribution in [0.25, 0.3) is 0 Å². The van der Waals surface area contributed by atoms with Gasteiger partial charge in [0.05, 0.1) is 18.6 Å². The Hall–Kier alpha value is -1.65. The third-order valence-corrected chi connectivity index (χ3v) is 4.97. The topological polar surface area (TPSA) is 30.3 Å². The standard InChI is InChI=1S/C19H27N3O/c1-19(17-7-4-3-5-8-17)9-6-10-21(15-19)14-18-13-20-16-22(18)11-12-23-2/h3-5,7-8,13,16H,6,9-12,14-15H2,1-2H3/t19-/m0/s1. The molecule has 0 spiro atoms. The van der Waals surface area contributed by atoms with Gasteiger partial charge in [-0.05, 0) is 24.9 Å². The fourth-order valence-corrected chi connectivity index (χ4v) is 3.66. The molecule has 0 saturated carbocycles. The third kappa shape index (κ3) is 3.82. The summed E-state index contributed by atoms with van der Waals surface area (Å²) in [6.07, 6.45) is 6.41. The minimum atomic E-state index is 0.247. The van der Waals surface area contributed by atoms with Gasteiger partial charge in [0.1, 0.15) is 0 Å². The fourth-order valence-electron chi connectivity index (χ4n) is 3.66. The van der Waals surface area contributed by atoms with Crippen LogP contribution in [-0.2, 0) is 23.2 Å². The lowest BCUT2D eigenvalue weighted by atomic mass is 9.76. The number of methoxy groups -OCH3 is 1. The molecule has 4 nitrogen and oxygen atoms in total. The van der Waals surface area contributed by atoms with Crippen LogP contribution in [0.3, 0.4) is 0 Å². The molecule has 1 saturated heterocycles. The van der Waals surface area contributed by atoms with Crippen LogP contribution in [0.5, 0.6) is 0 Å². The van der Waals surface area contributed by atoms with E-state index in [1.165, 1.54) is 24.1 Å². The first-order valence-electron chi connectivity index (χ1n) is 8.47. The first-order valence-corrected chi connectivity index (χ1v) is 8.47. The van der Waals surface area contributed by atoms with Crippen molar-refractivity contribution in [2.45, 2.75) is 38.3 Å². The quantitative estimate of drug-likeness (QED) is 0.821. The van der Waals surface area contributed by atoms with Gasteiger partial charge in [-0.1, -0.05) is 37.3 Å². The van der Waals surface area contributed by atoms with Gasteiger partial charge in [-0.3, -0.25) is 4.90 Å². The van der Waals surface area contributed by atoms with Crippen LogP contribution < -0.4 is 0 Å². The fraction of sp³-hybridized carbons (Fsp3) is 0.526. The Morgan fingerprint density at radius 2 is 2.09 bits per heavy atom. The van der Waals surface area contributed by atoms with E-state index in [4.69, 9.17) is 4.74 Å². The number of hydrogen-bond donors (Lipinski definition) is 0. The molecule has 1 aliphatic heterocycles. The Balaban J connectivity index is 1.69. The first-order chi connectivity index (χ1) is 11.2. The van der Waals surface area contributed by atoms with Crippen LogP contribution in [0.4, 0.5) is 0 Å². The Morgan fingerprint density at radius 3 is 2.87 bits per heavy atom. The summed E-state index contributed by atoms with van der Waals surface area (Å²) in [6, 6.07) is 10.9. The van der Waals surface area contributed by atoms with Crippen molar-refractivity contribution in [3.05, 3.63) is 54.1 Å². The number of benzene rings is 1. The molecule has 0 radical (unpaired) electrons. The number of hydrogen-bond acceptors (Lipinski definition) is 3. The van der Waals surface area contributed by atoms with E-state index in [9.17, 15) is 0 Å². The van der Waals surface area contributed by atoms with Crippen LogP contribution in [0.15, 0.2) is 42.9 Å². The second-order valence-corrected chi connectivity index (χ2v) is 6.81. The summed E-state index contributed by atoms with van der Waals surface area (Å²) in [5.74, 6) is 0. The molecular weight excluding hydrogens is 286 g/mol. The Kier molecular flexibility index (Phi) is 5.13. The predicted octanol–water partition coefficient (Wildman–Crippen LogP) is 3.08. The number of nitrogens with zero attached hydrogens (tertiary/aromatic N) is 3. The number of piperidine rings is 1. The SMILES string of the molecule is COCCn1cncc1CN1CCC[C@](C)(c2ccccc2)C1. The normalized spacial score (nSPS) is 22.3. The monoisotopic (exact) mass is 313 g/mol. The molecule has 1 aliphatic rings. The van der Waals surface area contributed by atoms with Crippen molar-refractivity contribution in [3.63, 3.8) is 0 Å². The van der Waals surface area contributed by atoms with E-state index in [1.807, 2.05) is 12.5 Å². The van der Waals surface area contributed by atoms with Gasteiger partial charge >= 0.3 is 0 Å². The molecule has 0 N–H and O–H groups in total. The molecule has 4 heteroatoms. The van der Waals surface area contributed by atoms with Crippen LogP contribution in [-0.4, -0.2) is 41.3 Å². The number of rotatable bonds is 6. The van der Waals surface area contributed by atoms with E-state index >= 15 is 0 Å². The van der Waals surface area contributed by atoms with E-state index in [0.717, 1.165) is 32.8 Å². The Morgan fingerprint density at radius 1 is 1.26 bits per heavy atom. The molecule has 0 unspecified atom stereocenters. The molecular formula is C19H27N3O. The summed E-state index contributed by atoms with van der Waals surface area (Å²) in [7, 11) is 1.74. The van der Waals surface area contributed by atoms with Gasteiger partial charge in [-0.25, -0.2) is 4.98 Å². The Bertz CT molecular complexity index is 610. The minimum Gasteiger partial charge on any atom is -0.383 e. The van der Waals surface area contributed by atoms with Crippen molar-refractivity contribution >= 4 is 0 Å². The van der Waals surface area contributed by atoms with Gasteiger partial charge in [-0.15, -0.1) is 0 Å². The van der Waals surface area contributed by atoms with Crippen molar-refractivity contribution in [2.24, 2.45) is 0 Å². The van der Waals surface area contributed by atoms with Gasteiger partial charge in [0.15, 0.2) is 0 Å². The molecule has 1 atom stereocenters. The highest BCUT2D eigenvalue weighted by Gasteiger charge is 2.32. The molecule has 2 aromatic rings.